The minimum Gasteiger partial charge on any atom is -0.306 e. The first-order chi connectivity index (χ1) is 10.1. The largest absolute Gasteiger partial charge is 0.306 e. The lowest BCUT2D eigenvalue weighted by Gasteiger charge is -2.22. The highest BCUT2D eigenvalue weighted by molar-refractivity contribution is 6.31. The standard InChI is InChI=1S/C16H15ClF3N/c1-2-9-21-16(14-10(17)5-3-6-11(14)18)15-12(19)7-4-8-13(15)20/h3-8,16,21H,2,9H2,1H3. The summed E-state index contributed by atoms with van der Waals surface area (Å²) in [5, 5.41) is 3.09. The highest BCUT2D eigenvalue weighted by atomic mass is 35.5. The van der Waals surface area contributed by atoms with E-state index in [0.29, 0.717) is 6.54 Å². The summed E-state index contributed by atoms with van der Waals surface area (Å²) < 4.78 is 42.2. The summed E-state index contributed by atoms with van der Waals surface area (Å²) in [6, 6.07) is 6.77. The first kappa shape index (κ1) is 15.9. The van der Waals surface area contributed by atoms with Gasteiger partial charge in [-0.1, -0.05) is 30.7 Å². The molecule has 0 saturated heterocycles. The molecule has 21 heavy (non-hydrogen) atoms. The van der Waals surface area contributed by atoms with Gasteiger partial charge in [-0.2, -0.15) is 0 Å². The van der Waals surface area contributed by atoms with E-state index in [4.69, 9.17) is 11.6 Å². The van der Waals surface area contributed by atoms with Crippen LogP contribution in [0.3, 0.4) is 0 Å². The van der Waals surface area contributed by atoms with Gasteiger partial charge in [0.25, 0.3) is 0 Å². The van der Waals surface area contributed by atoms with E-state index in [0.717, 1.165) is 18.6 Å². The van der Waals surface area contributed by atoms with Crippen LogP contribution in [0, 0.1) is 17.5 Å². The van der Waals surface area contributed by atoms with Gasteiger partial charge in [-0.25, -0.2) is 13.2 Å². The van der Waals surface area contributed by atoms with Crippen LogP contribution in [-0.2, 0) is 0 Å². The summed E-state index contributed by atoms with van der Waals surface area (Å²) >= 11 is 6.03. The van der Waals surface area contributed by atoms with Crippen LogP contribution in [0.2, 0.25) is 5.02 Å². The number of benzene rings is 2. The summed E-state index contributed by atoms with van der Waals surface area (Å²) in [5.74, 6) is -2.07. The molecule has 0 saturated carbocycles. The number of halogens is 4. The molecule has 2 aromatic rings. The molecule has 112 valence electrons. The lowest BCUT2D eigenvalue weighted by molar-refractivity contribution is 0.488. The van der Waals surface area contributed by atoms with Gasteiger partial charge in [0.05, 0.1) is 6.04 Å². The SMILES string of the molecule is CCCNC(c1c(F)cccc1F)c1c(F)cccc1Cl. The summed E-state index contributed by atoms with van der Waals surface area (Å²) in [7, 11) is 0. The van der Waals surface area contributed by atoms with Crippen LogP contribution in [0.1, 0.15) is 30.5 Å². The molecular formula is C16H15ClF3N. The van der Waals surface area contributed by atoms with Gasteiger partial charge in [-0.3, -0.25) is 0 Å². The second-order valence-corrected chi connectivity index (χ2v) is 5.07. The quantitative estimate of drug-likeness (QED) is 0.832. The van der Waals surface area contributed by atoms with Crippen molar-refractivity contribution in [1.82, 2.24) is 5.32 Å². The minimum absolute atomic E-state index is 0.0524. The van der Waals surface area contributed by atoms with Gasteiger partial charge in [-0.05, 0) is 37.2 Å². The maximum atomic E-state index is 14.1. The monoisotopic (exact) mass is 313 g/mol. The van der Waals surface area contributed by atoms with E-state index in [2.05, 4.69) is 5.32 Å². The summed E-state index contributed by atoms with van der Waals surface area (Å²) in [6.45, 7) is 2.38. The Morgan fingerprint density at radius 3 is 2.00 bits per heavy atom. The molecule has 1 atom stereocenters. The summed E-state index contributed by atoms with van der Waals surface area (Å²) in [5.41, 5.74) is -0.172. The van der Waals surface area contributed by atoms with Gasteiger partial charge in [-0.15, -0.1) is 0 Å². The van der Waals surface area contributed by atoms with Crippen molar-refractivity contribution in [1.29, 1.82) is 0 Å². The Morgan fingerprint density at radius 2 is 1.48 bits per heavy atom. The molecule has 0 bridgehead atoms. The topological polar surface area (TPSA) is 12.0 Å². The number of rotatable bonds is 5. The Kier molecular flexibility index (Phi) is 5.26. The molecule has 1 N–H and O–H groups in total. The smallest absolute Gasteiger partial charge is 0.131 e. The van der Waals surface area contributed by atoms with Crippen molar-refractivity contribution in [2.24, 2.45) is 0 Å². The van der Waals surface area contributed by atoms with Crippen LogP contribution in [0.4, 0.5) is 13.2 Å². The Hall–Kier alpha value is -1.52. The van der Waals surface area contributed by atoms with Crippen molar-refractivity contribution in [3.63, 3.8) is 0 Å². The predicted molar refractivity (Wildman–Crippen MR) is 77.9 cm³/mol. The van der Waals surface area contributed by atoms with E-state index in [1.807, 2.05) is 6.92 Å². The highest BCUT2D eigenvalue weighted by Crippen LogP contribution is 2.33. The van der Waals surface area contributed by atoms with Crippen molar-refractivity contribution < 1.29 is 13.2 Å². The van der Waals surface area contributed by atoms with Gasteiger partial charge in [0, 0.05) is 16.1 Å². The van der Waals surface area contributed by atoms with Crippen LogP contribution >= 0.6 is 11.6 Å². The lowest BCUT2D eigenvalue weighted by Crippen LogP contribution is -2.26. The van der Waals surface area contributed by atoms with Gasteiger partial charge in [0.1, 0.15) is 17.5 Å². The van der Waals surface area contributed by atoms with E-state index in [1.165, 1.54) is 24.3 Å². The maximum Gasteiger partial charge on any atom is 0.131 e. The molecule has 0 fully saturated rings. The second kappa shape index (κ2) is 6.96. The molecule has 0 heterocycles. The molecule has 0 aliphatic carbocycles. The van der Waals surface area contributed by atoms with Crippen LogP contribution in [-0.4, -0.2) is 6.54 Å². The van der Waals surface area contributed by atoms with Gasteiger partial charge >= 0.3 is 0 Å². The second-order valence-electron chi connectivity index (χ2n) is 4.66. The van der Waals surface area contributed by atoms with E-state index < -0.39 is 23.5 Å². The fraction of sp³-hybridized carbons (Fsp3) is 0.250. The van der Waals surface area contributed by atoms with Crippen molar-refractivity contribution in [3.8, 4) is 0 Å². The zero-order valence-corrected chi connectivity index (χ0v) is 12.2. The summed E-state index contributed by atoms with van der Waals surface area (Å²) in [6.07, 6.45) is 0.735. The normalized spacial score (nSPS) is 12.4. The van der Waals surface area contributed by atoms with E-state index in [-0.39, 0.29) is 16.1 Å². The zero-order valence-electron chi connectivity index (χ0n) is 11.5. The zero-order chi connectivity index (χ0) is 15.4. The molecule has 0 spiro atoms. The molecule has 2 aromatic carbocycles. The number of hydrogen-bond donors (Lipinski definition) is 1. The van der Waals surface area contributed by atoms with Crippen molar-refractivity contribution in [2.75, 3.05) is 6.54 Å². The third-order valence-corrected chi connectivity index (χ3v) is 3.50. The molecule has 0 aromatic heterocycles. The molecule has 2 rings (SSSR count). The average Bonchev–Trinajstić information content (AvgIpc) is 2.43. The molecule has 5 heteroatoms. The van der Waals surface area contributed by atoms with Crippen LogP contribution < -0.4 is 5.32 Å². The fourth-order valence-electron chi connectivity index (χ4n) is 2.21. The van der Waals surface area contributed by atoms with E-state index in [1.54, 1.807) is 0 Å². The number of hydrogen-bond acceptors (Lipinski definition) is 1. The molecule has 0 aliphatic heterocycles. The predicted octanol–water partition coefficient (Wildman–Crippen LogP) is 4.85. The molecule has 0 aliphatic rings. The fourth-order valence-corrected chi connectivity index (χ4v) is 2.48. The molecule has 0 radical (unpaired) electrons. The molecule has 1 nitrogen and oxygen atoms in total. The van der Waals surface area contributed by atoms with Gasteiger partial charge in [0.2, 0.25) is 0 Å². The van der Waals surface area contributed by atoms with E-state index in [9.17, 15) is 13.2 Å². The third-order valence-electron chi connectivity index (χ3n) is 3.18. The Bertz CT molecular complexity index is 539. The summed E-state index contributed by atoms with van der Waals surface area (Å²) in [4.78, 5) is 0. The first-order valence-electron chi connectivity index (χ1n) is 6.67. The lowest BCUT2D eigenvalue weighted by atomic mass is 9.96. The van der Waals surface area contributed by atoms with Crippen molar-refractivity contribution >= 4 is 11.6 Å². The molecular weight excluding hydrogens is 299 g/mol. The minimum atomic E-state index is -0.972. The van der Waals surface area contributed by atoms with E-state index >= 15 is 0 Å². The Labute approximate surface area is 126 Å². The van der Waals surface area contributed by atoms with Crippen LogP contribution in [0.15, 0.2) is 36.4 Å². The Balaban J connectivity index is 2.59. The average molecular weight is 314 g/mol. The van der Waals surface area contributed by atoms with Crippen LogP contribution in [0.5, 0.6) is 0 Å². The molecule has 0 amide bonds. The van der Waals surface area contributed by atoms with Crippen molar-refractivity contribution in [2.45, 2.75) is 19.4 Å². The Morgan fingerprint density at radius 1 is 0.952 bits per heavy atom. The third kappa shape index (κ3) is 3.39. The highest BCUT2D eigenvalue weighted by Gasteiger charge is 2.25. The first-order valence-corrected chi connectivity index (χ1v) is 7.05. The number of nitrogens with one attached hydrogen (secondary N) is 1. The van der Waals surface area contributed by atoms with Gasteiger partial charge < -0.3 is 5.32 Å². The molecule has 1 unspecified atom stereocenters. The van der Waals surface area contributed by atoms with Crippen LogP contribution in [0.25, 0.3) is 0 Å². The van der Waals surface area contributed by atoms with Gasteiger partial charge in [0.15, 0.2) is 0 Å². The maximum absolute atomic E-state index is 14.1. The van der Waals surface area contributed by atoms with Crippen molar-refractivity contribution in [3.05, 3.63) is 70.0 Å².